The molecule has 0 bridgehead atoms. The molecular formula is C13H18O4. The molecule has 0 radical (unpaired) electrons. The van der Waals surface area contributed by atoms with E-state index in [1.165, 1.54) is 6.07 Å². The van der Waals surface area contributed by atoms with E-state index in [4.69, 9.17) is 14.6 Å². The number of unbranched alkanes of at least 4 members (excludes halogenated alkanes) is 1. The minimum Gasteiger partial charge on any atom is -0.494 e. The van der Waals surface area contributed by atoms with Crippen molar-refractivity contribution in [3.8, 4) is 11.5 Å². The molecule has 0 amide bonds. The van der Waals surface area contributed by atoms with Crippen LogP contribution in [0.4, 0.5) is 0 Å². The number of rotatable bonds is 7. The summed E-state index contributed by atoms with van der Waals surface area (Å²) in [6, 6.07) is 4.87. The lowest BCUT2D eigenvalue weighted by atomic mass is 10.2. The second kappa shape index (κ2) is 6.78. The van der Waals surface area contributed by atoms with Crippen molar-refractivity contribution in [2.24, 2.45) is 0 Å². The van der Waals surface area contributed by atoms with Crippen LogP contribution in [-0.2, 0) is 0 Å². The molecule has 17 heavy (non-hydrogen) atoms. The number of aromatic carboxylic acids is 1. The third kappa shape index (κ3) is 3.98. The quantitative estimate of drug-likeness (QED) is 0.742. The first-order valence-electron chi connectivity index (χ1n) is 5.82. The highest BCUT2D eigenvalue weighted by Gasteiger charge is 2.12. The molecule has 0 aromatic heterocycles. The van der Waals surface area contributed by atoms with Gasteiger partial charge in [-0.05, 0) is 31.5 Å². The summed E-state index contributed by atoms with van der Waals surface area (Å²) in [7, 11) is 0. The highest BCUT2D eigenvalue weighted by molar-refractivity contribution is 5.91. The van der Waals surface area contributed by atoms with E-state index in [0.717, 1.165) is 12.8 Å². The summed E-state index contributed by atoms with van der Waals surface area (Å²) >= 11 is 0. The first-order chi connectivity index (χ1) is 8.19. The fraction of sp³-hybridized carbons (Fsp3) is 0.462. The summed E-state index contributed by atoms with van der Waals surface area (Å²) in [5.41, 5.74) is 0.140. The lowest BCUT2D eigenvalue weighted by molar-refractivity contribution is 0.0692. The van der Waals surface area contributed by atoms with Crippen LogP contribution in [0.2, 0.25) is 0 Å². The van der Waals surface area contributed by atoms with Gasteiger partial charge in [0.1, 0.15) is 17.1 Å². The average molecular weight is 238 g/mol. The number of ether oxygens (including phenoxy) is 2. The first kappa shape index (κ1) is 13.4. The van der Waals surface area contributed by atoms with Crippen molar-refractivity contribution in [3.05, 3.63) is 23.8 Å². The minimum atomic E-state index is -1.01. The Bertz CT molecular complexity index is 374. The molecule has 4 heteroatoms. The number of carbonyl (C=O) groups is 1. The van der Waals surface area contributed by atoms with E-state index in [0.29, 0.717) is 24.7 Å². The molecule has 1 N–H and O–H groups in total. The average Bonchev–Trinajstić information content (AvgIpc) is 2.31. The molecule has 0 saturated carbocycles. The predicted octanol–water partition coefficient (Wildman–Crippen LogP) is 2.96. The van der Waals surface area contributed by atoms with Crippen molar-refractivity contribution in [2.45, 2.75) is 26.7 Å². The molecule has 0 aliphatic heterocycles. The molecule has 94 valence electrons. The zero-order chi connectivity index (χ0) is 12.7. The molecule has 0 aliphatic carbocycles. The van der Waals surface area contributed by atoms with Gasteiger partial charge in [-0.15, -0.1) is 0 Å². The molecule has 4 nitrogen and oxygen atoms in total. The summed E-state index contributed by atoms with van der Waals surface area (Å²) in [5, 5.41) is 9.05. The molecule has 0 aliphatic rings. The van der Waals surface area contributed by atoms with Crippen LogP contribution in [0.25, 0.3) is 0 Å². The molecule has 1 rings (SSSR count). The Kier molecular flexibility index (Phi) is 5.33. The van der Waals surface area contributed by atoms with E-state index in [-0.39, 0.29) is 5.56 Å². The first-order valence-corrected chi connectivity index (χ1v) is 5.82. The second-order valence-electron chi connectivity index (χ2n) is 3.60. The van der Waals surface area contributed by atoms with Crippen molar-refractivity contribution in [1.82, 2.24) is 0 Å². The zero-order valence-corrected chi connectivity index (χ0v) is 10.2. The van der Waals surface area contributed by atoms with Crippen LogP contribution in [0.15, 0.2) is 18.2 Å². The van der Waals surface area contributed by atoms with Gasteiger partial charge in [0.25, 0.3) is 0 Å². The molecule has 0 saturated heterocycles. The van der Waals surface area contributed by atoms with E-state index in [1.54, 1.807) is 12.1 Å². The topological polar surface area (TPSA) is 55.8 Å². The third-order valence-corrected chi connectivity index (χ3v) is 2.25. The Hall–Kier alpha value is -1.71. The van der Waals surface area contributed by atoms with E-state index < -0.39 is 5.97 Å². The lowest BCUT2D eigenvalue weighted by Gasteiger charge is -2.10. The Morgan fingerprint density at radius 2 is 2.06 bits per heavy atom. The molecule has 1 aromatic rings. The van der Waals surface area contributed by atoms with E-state index in [9.17, 15) is 4.79 Å². The van der Waals surface area contributed by atoms with Crippen molar-refractivity contribution in [1.29, 1.82) is 0 Å². The third-order valence-electron chi connectivity index (χ3n) is 2.25. The zero-order valence-electron chi connectivity index (χ0n) is 10.2. The maximum atomic E-state index is 11.0. The Morgan fingerprint density at radius 1 is 1.29 bits per heavy atom. The standard InChI is InChI=1S/C13H18O4/c1-3-5-8-17-10-6-7-12(16-4-2)11(9-10)13(14)15/h6-7,9H,3-5,8H2,1-2H3,(H,14,15). The Labute approximate surface area is 101 Å². The molecule has 0 unspecified atom stereocenters. The van der Waals surface area contributed by atoms with Gasteiger partial charge in [-0.3, -0.25) is 0 Å². The summed E-state index contributed by atoms with van der Waals surface area (Å²) in [4.78, 5) is 11.0. The second-order valence-corrected chi connectivity index (χ2v) is 3.60. The monoisotopic (exact) mass is 238 g/mol. The smallest absolute Gasteiger partial charge is 0.339 e. The highest BCUT2D eigenvalue weighted by atomic mass is 16.5. The fourth-order valence-electron chi connectivity index (χ4n) is 1.38. The molecule has 0 heterocycles. The number of carboxylic acids is 1. The van der Waals surface area contributed by atoms with Gasteiger partial charge in [-0.2, -0.15) is 0 Å². The number of carboxylic acid groups (broad SMARTS) is 1. The van der Waals surface area contributed by atoms with Crippen LogP contribution >= 0.6 is 0 Å². The Morgan fingerprint density at radius 3 is 2.65 bits per heavy atom. The van der Waals surface area contributed by atoms with Gasteiger partial charge in [0, 0.05) is 0 Å². The van der Waals surface area contributed by atoms with E-state index >= 15 is 0 Å². The number of benzene rings is 1. The molecule has 1 aromatic carbocycles. The van der Waals surface area contributed by atoms with Gasteiger partial charge in [0.2, 0.25) is 0 Å². The molecular weight excluding hydrogens is 220 g/mol. The van der Waals surface area contributed by atoms with E-state index in [1.807, 2.05) is 6.92 Å². The van der Waals surface area contributed by atoms with Gasteiger partial charge < -0.3 is 14.6 Å². The highest BCUT2D eigenvalue weighted by Crippen LogP contribution is 2.24. The molecule has 0 atom stereocenters. The largest absolute Gasteiger partial charge is 0.494 e. The van der Waals surface area contributed by atoms with Crippen LogP contribution < -0.4 is 9.47 Å². The van der Waals surface area contributed by atoms with Crippen LogP contribution in [-0.4, -0.2) is 24.3 Å². The van der Waals surface area contributed by atoms with Crippen LogP contribution in [0, 0.1) is 0 Å². The van der Waals surface area contributed by atoms with Crippen molar-refractivity contribution >= 4 is 5.97 Å². The normalized spacial score (nSPS) is 10.0. The SMILES string of the molecule is CCCCOc1ccc(OCC)c(C(=O)O)c1. The number of hydrogen-bond donors (Lipinski definition) is 1. The lowest BCUT2D eigenvalue weighted by Crippen LogP contribution is -2.04. The summed E-state index contributed by atoms with van der Waals surface area (Å²) < 4.78 is 10.7. The van der Waals surface area contributed by atoms with Gasteiger partial charge in [0.15, 0.2) is 0 Å². The minimum absolute atomic E-state index is 0.140. The number of hydrogen-bond acceptors (Lipinski definition) is 3. The van der Waals surface area contributed by atoms with Crippen LogP contribution in [0.3, 0.4) is 0 Å². The van der Waals surface area contributed by atoms with Crippen LogP contribution in [0.1, 0.15) is 37.0 Å². The maximum absolute atomic E-state index is 11.0. The van der Waals surface area contributed by atoms with Gasteiger partial charge in [-0.25, -0.2) is 4.79 Å². The van der Waals surface area contributed by atoms with E-state index in [2.05, 4.69) is 6.92 Å². The van der Waals surface area contributed by atoms with Crippen molar-refractivity contribution < 1.29 is 19.4 Å². The fourth-order valence-corrected chi connectivity index (χ4v) is 1.38. The van der Waals surface area contributed by atoms with Crippen LogP contribution in [0.5, 0.6) is 11.5 Å². The summed E-state index contributed by atoms with van der Waals surface area (Å²) in [5.74, 6) is -0.0588. The Balaban J connectivity index is 2.81. The van der Waals surface area contributed by atoms with Crippen molar-refractivity contribution in [2.75, 3.05) is 13.2 Å². The van der Waals surface area contributed by atoms with Gasteiger partial charge >= 0.3 is 5.97 Å². The maximum Gasteiger partial charge on any atom is 0.339 e. The molecule has 0 spiro atoms. The summed E-state index contributed by atoms with van der Waals surface area (Å²) in [6.45, 7) is 4.93. The molecule has 0 fully saturated rings. The summed E-state index contributed by atoms with van der Waals surface area (Å²) in [6.07, 6.45) is 2.00. The van der Waals surface area contributed by atoms with Gasteiger partial charge in [0.05, 0.1) is 13.2 Å². The van der Waals surface area contributed by atoms with Gasteiger partial charge in [-0.1, -0.05) is 13.3 Å². The predicted molar refractivity (Wildman–Crippen MR) is 65.0 cm³/mol. The van der Waals surface area contributed by atoms with Crippen molar-refractivity contribution in [3.63, 3.8) is 0 Å².